The third kappa shape index (κ3) is 4.76. The monoisotopic (exact) mass is 301 g/mol. The maximum Gasteiger partial charge on any atom is 0.122 e. The molecule has 0 unspecified atom stereocenters. The molecule has 3 nitrogen and oxygen atoms in total. The summed E-state index contributed by atoms with van der Waals surface area (Å²) < 4.78 is 11.3. The van der Waals surface area contributed by atoms with Crippen LogP contribution in [0.15, 0.2) is 48.5 Å². The summed E-state index contributed by atoms with van der Waals surface area (Å²) >= 11 is 4.90. The number of aryl methyl sites for hydroxylation is 1. The van der Waals surface area contributed by atoms with E-state index in [2.05, 4.69) is 19.1 Å². The molecule has 110 valence electrons. The van der Waals surface area contributed by atoms with Gasteiger partial charge in [-0.15, -0.1) is 0 Å². The maximum absolute atomic E-state index is 5.67. The van der Waals surface area contributed by atoms with Crippen LogP contribution in [-0.2, 0) is 6.42 Å². The highest BCUT2D eigenvalue weighted by atomic mass is 32.1. The van der Waals surface area contributed by atoms with Crippen LogP contribution in [0, 0.1) is 0 Å². The van der Waals surface area contributed by atoms with E-state index in [0.29, 0.717) is 18.2 Å². The average Bonchev–Trinajstić information content (AvgIpc) is 2.52. The Kier molecular flexibility index (Phi) is 5.58. The standard InChI is InChI=1S/C17H19NO2S/c1-2-13-4-3-5-16(12-13)20-11-10-19-15-8-6-14(7-9-15)17(18)21/h3-9,12H,2,10-11H2,1H3,(H2,18,21). The van der Waals surface area contributed by atoms with Gasteiger partial charge in [0.1, 0.15) is 29.7 Å². The van der Waals surface area contributed by atoms with Gasteiger partial charge in [0.05, 0.1) is 0 Å². The minimum absolute atomic E-state index is 0.390. The minimum Gasteiger partial charge on any atom is -0.490 e. The van der Waals surface area contributed by atoms with E-state index in [1.54, 1.807) is 0 Å². The van der Waals surface area contributed by atoms with Gasteiger partial charge in [0.25, 0.3) is 0 Å². The van der Waals surface area contributed by atoms with Crippen molar-refractivity contribution < 1.29 is 9.47 Å². The summed E-state index contributed by atoms with van der Waals surface area (Å²) in [6.45, 7) is 3.12. The first-order valence-electron chi connectivity index (χ1n) is 6.93. The fourth-order valence-corrected chi connectivity index (χ4v) is 2.03. The van der Waals surface area contributed by atoms with Crippen molar-refractivity contribution >= 4 is 17.2 Å². The van der Waals surface area contributed by atoms with Gasteiger partial charge in [0, 0.05) is 5.56 Å². The first-order valence-corrected chi connectivity index (χ1v) is 7.34. The summed E-state index contributed by atoms with van der Waals surface area (Å²) in [7, 11) is 0. The van der Waals surface area contributed by atoms with Gasteiger partial charge in [-0.1, -0.05) is 31.3 Å². The molecule has 0 spiro atoms. The lowest BCUT2D eigenvalue weighted by molar-refractivity contribution is 0.217. The molecule has 0 aliphatic rings. The van der Waals surface area contributed by atoms with Crippen molar-refractivity contribution in [2.75, 3.05) is 13.2 Å². The average molecular weight is 301 g/mol. The van der Waals surface area contributed by atoms with Crippen LogP contribution < -0.4 is 15.2 Å². The predicted octanol–water partition coefficient (Wildman–Crippen LogP) is 3.34. The largest absolute Gasteiger partial charge is 0.490 e. The van der Waals surface area contributed by atoms with Crippen molar-refractivity contribution in [3.05, 3.63) is 59.7 Å². The summed E-state index contributed by atoms with van der Waals surface area (Å²) in [6, 6.07) is 15.5. The molecule has 0 atom stereocenters. The van der Waals surface area contributed by atoms with Crippen LogP contribution in [0.2, 0.25) is 0 Å². The second kappa shape index (κ2) is 7.64. The Morgan fingerprint density at radius 2 is 1.67 bits per heavy atom. The smallest absolute Gasteiger partial charge is 0.122 e. The zero-order valence-electron chi connectivity index (χ0n) is 12.0. The molecule has 0 fully saturated rings. The first-order chi connectivity index (χ1) is 10.2. The number of hydrogen-bond acceptors (Lipinski definition) is 3. The van der Waals surface area contributed by atoms with Gasteiger partial charge in [-0.05, 0) is 48.4 Å². The lowest BCUT2D eigenvalue weighted by atomic mass is 10.2. The Balaban J connectivity index is 1.77. The Morgan fingerprint density at radius 1 is 1.00 bits per heavy atom. The molecule has 2 aromatic rings. The Hall–Kier alpha value is -2.07. The molecule has 0 bridgehead atoms. The predicted molar refractivity (Wildman–Crippen MR) is 89.1 cm³/mol. The van der Waals surface area contributed by atoms with Crippen LogP contribution >= 0.6 is 12.2 Å². The molecule has 0 aliphatic carbocycles. The molecule has 4 heteroatoms. The van der Waals surface area contributed by atoms with Gasteiger partial charge >= 0.3 is 0 Å². The van der Waals surface area contributed by atoms with Crippen LogP contribution in [-0.4, -0.2) is 18.2 Å². The van der Waals surface area contributed by atoms with Crippen molar-refractivity contribution in [3.8, 4) is 11.5 Å². The van der Waals surface area contributed by atoms with E-state index in [0.717, 1.165) is 23.5 Å². The highest BCUT2D eigenvalue weighted by Crippen LogP contribution is 2.14. The van der Waals surface area contributed by atoms with Gasteiger partial charge in [0.15, 0.2) is 0 Å². The van der Waals surface area contributed by atoms with Crippen molar-refractivity contribution in [2.24, 2.45) is 5.73 Å². The molecule has 0 aliphatic heterocycles. The molecule has 2 rings (SSSR count). The SMILES string of the molecule is CCc1cccc(OCCOc2ccc(C(N)=S)cc2)c1. The van der Waals surface area contributed by atoms with E-state index >= 15 is 0 Å². The quantitative estimate of drug-likeness (QED) is 0.629. The number of ether oxygens (including phenoxy) is 2. The van der Waals surface area contributed by atoms with Gasteiger partial charge in [-0.25, -0.2) is 0 Å². The lowest BCUT2D eigenvalue weighted by Gasteiger charge is -2.09. The van der Waals surface area contributed by atoms with Crippen LogP contribution in [0.3, 0.4) is 0 Å². The van der Waals surface area contributed by atoms with Gasteiger partial charge < -0.3 is 15.2 Å². The summed E-state index contributed by atoms with van der Waals surface area (Å²) in [6.07, 6.45) is 1.00. The van der Waals surface area contributed by atoms with Gasteiger partial charge in [-0.3, -0.25) is 0 Å². The van der Waals surface area contributed by atoms with E-state index in [4.69, 9.17) is 27.4 Å². The molecular formula is C17H19NO2S. The van der Waals surface area contributed by atoms with E-state index in [1.165, 1.54) is 5.56 Å². The van der Waals surface area contributed by atoms with Crippen LogP contribution in [0.25, 0.3) is 0 Å². The van der Waals surface area contributed by atoms with Crippen molar-refractivity contribution in [2.45, 2.75) is 13.3 Å². The van der Waals surface area contributed by atoms with Crippen LogP contribution in [0.5, 0.6) is 11.5 Å². The van der Waals surface area contributed by atoms with Crippen LogP contribution in [0.1, 0.15) is 18.1 Å². The highest BCUT2D eigenvalue weighted by Gasteiger charge is 1.99. The highest BCUT2D eigenvalue weighted by molar-refractivity contribution is 7.80. The van der Waals surface area contributed by atoms with E-state index in [9.17, 15) is 0 Å². The minimum atomic E-state index is 0.390. The normalized spacial score (nSPS) is 10.1. The van der Waals surface area contributed by atoms with Gasteiger partial charge in [0.2, 0.25) is 0 Å². The molecule has 2 aromatic carbocycles. The zero-order valence-corrected chi connectivity index (χ0v) is 12.9. The van der Waals surface area contributed by atoms with Gasteiger partial charge in [-0.2, -0.15) is 0 Å². The molecule has 0 aromatic heterocycles. The molecule has 0 amide bonds. The fourth-order valence-electron chi connectivity index (χ4n) is 1.89. The van der Waals surface area contributed by atoms with Crippen molar-refractivity contribution in [1.82, 2.24) is 0 Å². The zero-order chi connectivity index (χ0) is 15.1. The summed E-state index contributed by atoms with van der Waals surface area (Å²) in [5.74, 6) is 1.66. The molecule has 0 saturated heterocycles. The second-order valence-corrected chi connectivity index (χ2v) is 5.03. The molecule has 21 heavy (non-hydrogen) atoms. The molecule has 0 saturated carbocycles. The van der Waals surface area contributed by atoms with Crippen LogP contribution in [0.4, 0.5) is 0 Å². The summed E-state index contributed by atoms with van der Waals surface area (Å²) in [4.78, 5) is 0.390. The fraction of sp³-hybridized carbons (Fsp3) is 0.235. The molecule has 0 radical (unpaired) electrons. The van der Waals surface area contributed by atoms with Crippen molar-refractivity contribution in [3.63, 3.8) is 0 Å². The molecular weight excluding hydrogens is 282 g/mol. The number of nitrogens with two attached hydrogens (primary N) is 1. The Bertz CT molecular complexity index is 596. The Labute approximate surface area is 130 Å². The number of rotatable bonds is 7. The maximum atomic E-state index is 5.67. The third-order valence-corrected chi connectivity index (χ3v) is 3.30. The number of benzene rings is 2. The van der Waals surface area contributed by atoms with E-state index in [1.807, 2.05) is 36.4 Å². The van der Waals surface area contributed by atoms with E-state index < -0.39 is 0 Å². The number of thiocarbonyl (C=S) groups is 1. The van der Waals surface area contributed by atoms with E-state index in [-0.39, 0.29) is 0 Å². The summed E-state index contributed by atoms with van der Waals surface area (Å²) in [5, 5.41) is 0. The summed E-state index contributed by atoms with van der Waals surface area (Å²) in [5.41, 5.74) is 7.65. The number of hydrogen-bond donors (Lipinski definition) is 1. The molecule has 0 heterocycles. The molecule has 2 N–H and O–H groups in total. The third-order valence-electron chi connectivity index (χ3n) is 3.07. The topological polar surface area (TPSA) is 44.5 Å². The first kappa shape index (κ1) is 15.3. The second-order valence-electron chi connectivity index (χ2n) is 4.59. The van der Waals surface area contributed by atoms with Crippen molar-refractivity contribution in [1.29, 1.82) is 0 Å². The lowest BCUT2D eigenvalue weighted by Crippen LogP contribution is -2.10. The Morgan fingerprint density at radius 3 is 2.29 bits per heavy atom.